The van der Waals surface area contributed by atoms with Gasteiger partial charge in [0.2, 0.25) is 0 Å². The first-order valence-electron chi connectivity index (χ1n) is 11.0. The third kappa shape index (κ3) is 3.94. The van der Waals surface area contributed by atoms with Crippen molar-refractivity contribution >= 4 is 22.5 Å². The zero-order valence-electron chi connectivity index (χ0n) is 18.5. The average Bonchev–Trinajstić information content (AvgIpc) is 3.22. The number of benzene rings is 2. The highest BCUT2D eigenvalue weighted by molar-refractivity contribution is 6.05. The quantitative estimate of drug-likeness (QED) is 0.464. The third-order valence-corrected chi connectivity index (χ3v) is 6.06. The summed E-state index contributed by atoms with van der Waals surface area (Å²) in [7, 11) is 0. The van der Waals surface area contributed by atoms with E-state index in [9.17, 15) is 4.79 Å². The Morgan fingerprint density at radius 2 is 1.81 bits per heavy atom. The molecule has 2 aromatic carbocycles. The van der Waals surface area contributed by atoms with Gasteiger partial charge in [0.25, 0.3) is 5.91 Å². The van der Waals surface area contributed by atoms with E-state index in [0.717, 1.165) is 28.7 Å². The van der Waals surface area contributed by atoms with Crippen LogP contribution in [0.15, 0.2) is 72.9 Å². The Bertz CT molecular complexity index is 1300. The van der Waals surface area contributed by atoms with Crippen LogP contribution in [-0.4, -0.2) is 38.7 Å². The second kappa shape index (κ2) is 8.42. The zero-order chi connectivity index (χ0) is 22.1. The minimum absolute atomic E-state index is 0.0405. The maximum Gasteiger partial charge on any atom is 0.255 e. The normalized spacial score (nSPS) is 13.9. The molecule has 0 atom stereocenters. The summed E-state index contributed by atoms with van der Waals surface area (Å²) in [4.78, 5) is 20.1. The van der Waals surface area contributed by atoms with Crippen LogP contribution in [0.25, 0.3) is 16.6 Å². The lowest BCUT2D eigenvalue weighted by atomic mass is 9.99. The predicted octanol–water partition coefficient (Wildman–Crippen LogP) is 5.03. The van der Waals surface area contributed by atoms with Crippen molar-refractivity contribution in [2.75, 3.05) is 13.1 Å². The number of hydrogen-bond donors (Lipinski definition) is 0. The summed E-state index contributed by atoms with van der Waals surface area (Å²) in [5.41, 5.74) is 7.18. The van der Waals surface area contributed by atoms with Gasteiger partial charge in [0.05, 0.1) is 23.7 Å². The molecule has 0 unspecified atom stereocenters. The van der Waals surface area contributed by atoms with E-state index < -0.39 is 0 Å². The molecule has 1 aliphatic rings. The highest BCUT2D eigenvalue weighted by atomic mass is 16.2. The second-order valence-corrected chi connectivity index (χ2v) is 8.43. The molecule has 2 aromatic heterocycles. The molecule has 1 aliphatic heterocycles. The first-order valence-corrected chi connectivity index (χ1v) is 11.0. The van der Waals surface area contributed by atoms with E-state index in [1.807, 2.05) is 28.6 Å². The lowest BCUT2D eigenvalue weighted by molar-refractivity contribution is 0.0774. The van der Waals surface area contributed by atoms with Crippen molar-refractivity contribution in [1.82, 2.24) is 19.7 Å². The van der Waals surface area contributed by atoms with E-state index in [2.05, 4.69) is 66.6 Å². The first-order chi connectivity index (χ1) is 15.6. The number of aryl methyl sites for hydroxylation is 2. The highest BCUT2D eigenvalue weighted by Gasteiger charge is 2.23. The lowest BCUT2D eigenvalue weighted by Crippen LogP contribution is -2.34. The first kappa shape index (κ1) is 20.2. The van der Waals surface area contributed by atoms with Crippen LogP contribution in [0.1, 0.15) is 39.2 Å². The SMILES string of the molecule is Cc1ccc(Cn2ncc3c(C(=O)N4CC=C(c5ccccc5)CC4)cc(C)nc32)cc1. The number of nitrogens with zero attached hydrogens (tertiary/aromatic N) is 4. The number of fused-ring (bicyclic) bond motifs is 1. The molecular formula is C27H26N4O. The molecule has 5 rings (SSSR count). The molecule has 160 valence electrons. The maximum atomic E-state index is 13.4. The number of aromatic nitrogens is 3. The molecule has 32 heavy (non-hydrogen) atoms. The Morgan fingerprint density at radius 1 is 1.03 bits per heavy atom. The van der Waals surface area contributed by atoms with Crippen LogP contribution in [-0.2, 0) is 6.54 Å². The number of pyridine rings is 1. The van der Waals surface area contributed by atoms with E-state index >= 15 is 0 Å². The van der Waals surface area contributed by atoms with E-state index in [-0.39, 0.29) is 5.91 Å². The lowest BCUT2D eigenvalue weighted by Gasteiger charge is -2.27. The van der Waals surface area contributed by atoms with Gasteiger partial charge in [-0.3, -0.25) is 4.79 Å². The van der Waals surface area contributed by atoms with E-state index in [1.54, 1.807) is 6.20 Å². The molecule has 0 bridgehead atoms. The summed E-state index contributed by atoms with van der Waals surface area (Å²) < 4.78 is 1.88. The monoisotopic (exact) mass is 422 g/mol. The molecule has 0 radical (unpaired) electrons. The molecule has 0 aliphatic carbocycles. The summed E-state index contributed by atoms with van der Waals surface area (Å²) in [6.07, 6.45) is 4.80. The van der Waals surface area contributed by atoms with Crippen LogP contribution in [0.3, 0.4) is 0 Å². The van der Waals surface area contributed by atoms with Crippen molar-refractivity contribution < 1.29 is 4.79 Å². The Hall–Kier alpha value is -3.73. The van der Waals surface area contributed by atoms with Gasteiger partial charge in [0, 0.05) is 18.8 Å². The Morgan fingerprint density at radius 3 is 2.53 bits per heavy atom. The Kier molecular flexibility index (Phi) is 5.31. The van der Waals surface area contributed by atoms with E-state index in [4.69, 9.17) is 4.98 Å². The molecular weight excluding hydrogens is 396 g/mol. The highest BCUT2D eigenvalue weighted by Crippen LogP contribution is 2.25. The predicted molar refractivity (Wildman–Crippen MR) is 127 cm³/mol. The van der Waals surface area contributed by atoms with Crippen molar-refractivity contribution in [1.29, 1.82) is 0 Å². The number of amides is 1. The zero-order valence-corrected chi connectivity index (χ0v) is 18.5. The minimum Gasteiger partial charge on any atom is -0.335 e. The van der Waals surface area contributed by atoms with Gasteiger partial charge >= 0.3 is 0 Å². The Balaban J connectivity index is 1.42. The van der Waals surface area contributed by atoms with Gasteiger partial charge in [0.15, 0.2) is 5.65 Å². The number of carbonyl (C=O) groups is 1. The summed E-state index contributed by atoms with van der Waals surface area (Å²) in [5.74, 6) is 0.0405. The van der Waals surface area contributed by atoms with Gasteiger partial charge in [0.1, 0.15) is 0 Å². The van der Waals surface area contributed by atoms with Crippen molar-refractivity contribution in [2.24, 2.45) is 0 Å². The van der Waals surface area contributed by atoms with Crippen LogP contribution in [0.2, 0.25) is 0 Å². The smallest absolute Gasteiger partial charge is 0.255 e. The fourth-order valence-electron chi connectivity index (χ4n) is 4.27. The largest absolute Gasteiger partial charge is 0.335 e. The van der Waals surface area contributed by atoms with Crippen molar-refractivity contribution in [3.63, 3.8) is 0 Å². The van der Waals surface area contributed by atoms with Crippen LogP contribution in [0, 0.1) is 13.8 Å². The molecule has 3 heterocycles. The van der Waals surface area contributed by atoms with Gasteiger partial charge in [-0.1, -0.05) is 66.2 Å². The van der Waals surface area contributed by atoms with Gasteiger partial charge in [-0.05, 0) is 43.0 Å². The molecule has 0 fully saturated rings. The summed E-state index contributed by atoms with van der Waals surface area (Å²) in [6.45, 7) is 5.96. The molecule has 0 spiro atoms. The fraction of sp³-hybridized carbons (Fsp3) is 0.222. The molecule has 5 nitrogen and oxygen atoms in total. The average molecular weight is 423 g/mol. The number of rotatable bonds is 4. The summed E-state index contributed by atoms with van der Waals surface area (Å²) >= 11 is 0. The van der Waals surface area contributed by atoms with Crippen molar-refractivity contribution in [3.05, 3.63) is 101 Å². The Labute approximate surface area is 188 Å². The topological polar surface area (TPSA) is 51.0 Å². The van der Waals surface area contributed by atoms with Gasteiger partial charge < -0.3 is 4.90 Å². The van der Waals surface area contributed by atoms with Crippen molar-refractivity contribution in [3.8, 4) is 0 Å². The van der Waals surface area contributed by atoms with Gasteiger partial charge in [-0.2, -0.15) is 5.10 Å². The molecule has 1 amide bonds. The van der Waals surface area contributed by atoms with Gasteiger partial charge in [-0.15, -0.1) is 0 Å². The summed E-state index contributed by atoms with van der Waals surface area (Å²) in [5, 5.41) is 5.38. The fourth-order valence-corrected chi connectivity index (χ4v) is 4.27. The minimum atomic E-state index is 0.0405. The van der Waals surface area contributed by atoms with Crippen LogP contribution in [0.4, 0.5) is 0 Å². The molecule has 5 heteroatoms. The van der Waals surface area contributed by atoms with E-state index in [1.165, 1.54) is 16.7 Å². The maximum absolute atomic E-state index is 13.4. The standard InChI is InChI=1S/C27H26N4O/c1-19-8-10-21(11-9-19)18-31-26-25(17-28-31)24(16-20(2)29-26)27(32)30-14-12-23(13-15-30)22-6-4-3-5-7-22/h3-12,16-17H,13-15,18H2,1-2H3. The molecule has 0 saturated heterocycles. The number of hydrogen-bond acceptors (Lipinski definition) is 3. The summed E-state index contributed by atoms with van der Waals surface area (Å²) in [6, 6.07) is 20.7. The molecule has 0 saturated carbocycles. The van der Waals surface area contributed by atoms with Crippen molar-refractivity contribution in [2.45, 2.75) is 26.8 Å². The molecule has 4 aromatic rings. The van der Waals surface area contributed by atoms with Crippen LogP contribution >= 0.6 is 0 Å². The van der Waals surface area contributed by atoms with Crippen LogP contribution < -0.4 is 0 Å². The van der Waals surface area contributed by atoms with E-state index in [0.29, 0.717) is 25.2 Å². The van der Waals surface area contributed by atoms with Gasteiger partial charge in [-0.25, -0.2) is 9.67 Å². The molecule has 0 N–H and O–H groups in total. The van der Waals surface area contributed by atoms with Crippen LogP contribution in [0.5, 0.6) is 0 Å². The second-order valence-electron chi connectivity index (χ2n) is 8.43. The number of carbonyl (C=O) groups excluding carboxylic acids is 1. The third-order valence-electron chi connectivity index (χ3n) is 6.06.